The quantitative estimate of drug-likeness (QED) is 0.458. The molecule has 0 saturated heterocycles. The van der Waals surface area contributed by atoms with E-state index in [4.69, 9.17) is 27.9 Å². The predicted molar refractivity (Wildman–Crippen MR) is 115 cm³/mol. The van der Waals surface area contributed by atoms with Gasteiger partial charge in [-0.1, -0.05) is 60.0 Å². The predicted octanol–water partition coefficient (Wildman–Crippen LogP) is 5.97. The molecule has 1 amide bonds. The monoisotopic (exact) mass is 435 g/mol. The van der Waals surface area contributed by atoms with Gasteiger partial charge in [-0.25, -0.2) is 0 Å². The van der Waals surface area contributed by atoms with Gasteiger partial charge in [0.25, 0.3) is 5.91 Å². The minimum Gasteiger partial charge on any atom is -0.495 e. The van der Waals surface area contributed by atoms with Crippen molar-refractivity contribution in [3.05, 3.63) is 58.1 Å². The second-order valence-electron chi connectivity index (χ2n) is 6.03. The molecular weight excluding hydrogens is 417 g/mol. The number of halogens is 2. The highest BCUT2D eigenvalue weighted by atomic mass is 35.5. The molecule has 2 aromatic carbocycles. The summed E-state index contributed by atoms with van der Waals surface area (Å²) in [5.41, 5.74) is 1.26. The third-order valence-corrected chi connectivity index (χ3v) is 5.75. The minimum absolute atomic E-state index is 0.186. The van der Waals surface area contributed by atoms with E-state index in [0.29, 0.717) is 38.0 Å². The molecule has 5 nitrogen and oxygen atoms in total. The van der Waals surface area contributed by atoms with Crippen LogP contribution < -0.4 is 9.64 Å². The van der Waals surface area contributed by atoms with Crippen LogP contribution in [0.2, 0.25) is 10.0 Å². The van der Waals surface area contributed by atoms with E-state index in [9.17, 15) is 4.79 Å². The molecule has 0 fully saturated rings. The van der Waals surface area contributed by atoms with Crippen molar-refractivity contribution >= 4 is 45.6 Å². The normalized spacial score (nSPS) is 10.7. The van der Waals surface area contributed by atoms with Crippen molar-refractivity contribution in [1.29, 1.82) is 0 Å². The van der Waals surface area contributed by atoms with Crippen LogP contribution in [0.1, 0.15) is 30.1 Å². The summed E-state index contributed by atoms with van der Waals surface area (Å²) in [7, 11) is 1.57. The van der Waals surface area contributed by atoms with Crippen molar-refractivity contribution in [2.75, 3.05) is 18.6 Å². The second kappa shape index (κ2) is 9.37. The van der Waals surface area contributed by atoms with Crippen molar-refractivity contribution in [3.63, 3.8) is 0 Å². The van der Waals surface area contributed by atoms with Gasteiger partial charge in [-0.3, -0.25) is 9.69 Å². The molecule has 0 aliphatic heterocycles. The molecule has 8 heteroatoms. The topological polar surface area (TPSA) is 55.3 Å². The van der Waals surface area contributed by atoms with Gasteiger partial charge in [0.05, 0.1) is 22.7 Å². The van der Waals surface area contributed by atoms with E-state index in [1.165, 1.54) is 11.3 Å². The van der Waals surface area contributed by atoms with Gasteiger partial charge in [0.2, 0.25) is 5.13 Å². The van der Waals surface area contributed by atoms with E-state index in [1.807, 2.05) is 6.07 Å². The van der Waals surface area contributed by atoms with E-state index in [1.54, 1.807) is 48.4 Å². The fourth-order valence-corrected chi connectivity index (χ4v) is 3.96. The number of anilines is 1. The first-order valence-corrected chi connectivity index (χ1v) is 10.4. The summed E-state index contributed by atoms with van der Waals surface area (Å²) in [6.45, 7) is 2.61. The lowest BCUT2D eigenvalue weighted by Crippen LogP contribution is -2.32. The van der Waals surface area contributed by atoms with Crippen LogP contribution in [0.5, 0.6) is 5.75 Å². The van der Waals surface area contributed by atoms with E-state index >= 15 is 0 Å². The highest BCUT2D eigenvalue weighted by molar-refractivity contribution is 7.18. The third kappa shape index (κ3) is 4.46. The summed E-state index contributed by atoms with van der Waals surface area (Å²) in [6.07, 6.45) is 1.80. The molecule has 28 heavy (non-hydrogen) atoms. The number of aromatic nitrogens is 2. The van der Waals surface area contributed by atoms with Gasteiger partial charge in [-0.15, -0.1) is 10.2 Å². The molecule has 0 radical (unpaired) electrons. The van der Waals surface area contributed by atoms with Crippen LogP contribution in [-0.4, -0.2) is 29.8 Å². The molecule has 3 aromatic rings. The Labute approximate surface area is 177 Å². The summed E-state index contributed by atoms with van der Waals surface area (Å²) in [6, 6.07) is 12.4. The Morgan fingerprint density at radius 1 is 1.14 bits per heavy atom. The van der Waals surface area contributed by atoms with Crippen LogP contribution in [0.15, 0.2) is 42.5 Å². The number of rotatable bonds is 7. The first-order chi connectivity index (χ1) is 13.5. The number of ether oxygens (including phenoxy) is 1. The molecular formula is C20H19Cl2N3O2S. The Balaban J connectivity index is 1.93. The average Bonchev–Trinajstić information content (AvgIpc) is 3.18. The molecule has 0 bridgehead atoms. The molecule has 3 rings (SSSR count). The molecule has 1 heterocycles. The van der Waals surface area contributed by atoms with Crippen molar-refractivity contribution in [1.82, 2.24) is 10.2 Å². The van der Waals surface area contributed by atoms with Crippen LogP contribution in [0, 0.1) is 0 Å². The number of unbranched alkanes of at least 4 members (excludes halogenated alkanes) is 1. The van der Waals surface area contributed by atoms with Crippen molar-refractivity contribution < 1.29 is 9.53 Å². The van der Waals surface area contributed by atoms with Gasteiger partial charge < -0.3 is 4.74 Å². The van der Waals surface area contributed by atoms with Crippen LogP contribution in [0.3, 0.4) is 0 Å². The number of amides is 1. The Bertz CT molecular complexity index is 978. The summed E-state index contributed by atoms with van der Waals surface area (Å²) in [5, 5.41) is 10.6. The van der Waals surface area contributed by atoms with Crippen molar-refractivity contribution in [2.45, 2.75) is 19.8 Å². The molecule has 0 aliphatic rings. The van der Waals surface area contributed by atoms with Gasteiger partial charge in [0.1, 0.15) is 10.8 Å². The summed E-state index contributed by atoms with van der Waals surface area (Å²) in [5.74, 6) is 0.406. The van der Waals surface area contributed by atoms with Crippen LogP contribution >= 0.6 is 34.5 Å². The first-order valence-electron chi connectivity index (χ1n) is 8.79. The number of hydrogen-bond donors (Lipinski definition) is 0. The van der Waals surface area contributed by atoms with Gasteiger partial charge in [0, 0.05) is 12.1 Å². The zero-order chi connectivity index (χ0) is 20.1. The summed E-state index contributed by atoms with van der Waals surface area (Å²) < 4.78 is 5.19. The largest absolute Gasteiger partial charge is 0.495 e. The Hall–Kier alpha value is -2.15. The van der Waals surface area contributed by atoms with Crippen LogP contribution in [0.4, 0.5) is 5.13 Å². The van der Waals surface area contributed by atoms with E-state index in [-0.39, 0.29) is 5.91 Å². The van der Waals surface area contributed by atoms with E-state index in [2.05, 4.69) is 17.1 Å². The lowest BCUT2D eigenvalue weighted by molar-refractivity contribution is 0.0986. The molecule has 0 N–H and O–H groups in total. The van der Waals surface area contributed by atoms with Crippen LogP contribution in [0.25, 0.3) is 10.6 Å². The lowest BCUT2D eigenvalue weighted by Gasteiger charge is -2.19. The Morgan fingerprint density at radius 2 is 1.93 bits per heavy atom. The average molecular weight is 436 g/mol. The fourth-order valence-electron chi connectivity index (χ4n) is 2.62. The maximum atomic E-state index is 13.1. The lowest BCUT2D eigenvalue weighted by atomic mass is 10.2. The van der Waals surface area contributed by atoms with Gasteiger partial charge >= 0.3 is 0 Å². The van der Waals surface area contributed by atoms with Crippen LogP contribution in [-0.2, 0) is 0 Å². The highest BCUT2D eigenvalue weighted by Crippen LogP contribution is 2.34. The molecule has 0 aliphatic carbocycles. The standard InChI is InChI=1S/C20H19Cl2N3O2S/c1-3-4-11-25(19(26)14-7-5-6-8-15(14)21)20-24-23-18(28-20)13-9-10-17(27-2)16(22)12-13/h5-10,12H,3-4,11H2,1-2H3. The molecule has 1 aromatic heterocycles. The maximum Gasteiger partial charge on any atom is 0.261 e. The zero-order valence-electron chi connectivity index (χ0n) is 15.5. The van der Waals surface area contributed by atoms with Crippen molar-refractivity contribution in [3.8, 4) is 16.3 Å². The maximum absolute atomic E-state index is 13.1. The Morgan fingerprint density at radius 3 is 2.61 bits per heavy atom. The highest BCUT2D eigenvalue weighted by Gasteiger charge is 2.23. The number of methoxy groups -OCH3 is 1. The summed E-state index contributed by atoms with van der Waals surface area (Å²) >= 11 is 13.8. The zero-order valence-corrected chi connectivity index (χ0v) is 17.8. The third-order valence-electron chi connectivity index (χ3n) is 4.13. The number of carbonyl (C=O) groups excluding carboxylic acids is 1. The van der Waals surface area contributed by atoms with E-state index in [0.717, 1.165) is 18.4 Å². The second-order valence-corrected chi connectivity index (χ2v) is 7.80. The first kappa shape index (κ1) is 20.6. The number of carbonyl (C=O) groups is 1. The van der Waals surface area contributed by atoms with Gasteiger partial charge in [0.15, 0.2) is 0 Å². The summed E-state index contributed by atoms with van der Waals surface area (Å²) in [4.78, 5) is 14.7. The molecule has 146 valence electrons. The number of benzene rings is 2. The van der Waals surface area contributed by atoms with Gasteiger partial charge in [-0.2, -0.15) is 0 Å². The molecule has 0 unspecified atom stereocenters. The smallest absolute Gasteiger partial charge is 0.261 e. The fraction of sp³-hybridized carbons (Fsp3) is 0.250. The van der Waals surface area contributed by atoms with E-state index < -0.39 is 0 Å². The molecule has 0 saturated carbocycles. The Kier molecular flexibility index (Phi) is 6.88. The molecule has 0 atom stereocenters. The molecule has 0 spiro atoms. The SMILES string of the molecule is CCCCN(C(=O)c1ccccc1Cl)c1nnc(-c2ccc(OC)c(Cl)c2)s1. The number of nitrogens with zero attached hydrogens (tertiary/aromatic N) is 3. The number of hydrogen-bond acceptors (Lipinski definition) is 5. The van der Waals surface area contributed by atoms with Crippen molar-refractivity contribution in [2.24, 2.45) is 0 Å². The minimum atomic E-state index is -0.186. The van der Waals surface area contributed by atoms with Gasteiger partial charge in [-0.05, 0) is 36.8 Å².